The quantitative estimate of drug-likeness (QED) is 0.781. The van der Waals surface area contributed by atoms with Crippen LogP contribution in [0.5, 0.6) is 0 Å². The Hall–Kier alpha value is -1.66. The molecule has 0 N–H and O–H groups in total. The number of imide groups is 1. The van der Waals surface area contributed by atoms with Crippen LogP contribution in [-0.4, -0.2) is 29.1 Å². The number of benzene rings is 1. The predicted octanol–water partition coefficient (Wildman–Crippen LogP) is 4.06. The van der Waals surface area contributed by atoms with Crippen molar-refractivity contribution in [3.8, 4) is 0 Å². The van der Waals surface area contributed by atoms with E-state index in [1.165, 1.54) is 15.5 Å². The lowest BCUT2D eigenvalue weighted by molar-refractivity contribution is -0.122. The van der Waals surface area contributed by atoms with Crippen LogP contribution in [0.1, 0.15) is 13.8 Å². The molecule has 1 aromatic carbocycles. The molecule has 0 bridgehead atoms. The van der Waals surface area contributed by atoms with Crippen LogP contribution in [0, 0.1) is 0 Å². The van der Waals surface area contributed by atoms with Crippen molar-refractivity contribution in [3.63, 3.8) is 0 Å². The van der Waals surface area contributed by atoms with Gasteiger partial charge >= 0.3 is 0 Å². The average Bonchev–Trinajstić information content (AvgIpc) is 3.01. The van der Waals surface area contributed by atoms with Gasteiger partial charge in [0.05, 0.1) is 15.6 Å². The summed E-state index contributed by atoms with van der Waals surface area (Å²) in [6.45, 7) is 5.18. The number of anilines is 1. The summed E-state index contributed by atoms with van der Waals surface area (Å²) in [7, 11) is 0. The zero-order valence-corrected chi connectivity index (χ0v) is 14.0. The second-order valence-electron chi connectivity index (χ2n) is 4.77. The van der Waals surface area contributed by atoms with E-state index in [1.54, 1.807) is 24.8 Å². The van der Waals surface area contributed by atoms with E-state index >= 15 is 0 Å². The number of rotatable bonds is 3. The molecular formula is C16H16N2O2S2. The Kier molecular flexibility index (Phi) is 4.31. The third-order valence-electron chi connectivity index (χ3n) is 3.52. The van der Waals surface area contributed by atoms with E-state index in [2.05, 4.69) is 24.0 Å². The van der Waals surface area contributed by atoms with Crippen LogP contribution in [0.25, 0.3) is 0 Å². The van der Waals surface area contributed by atoms with Crippen molar-refractivity contribution >= 4 is 40.4 Å². The standard InChI is InChI=1S/C16H16N2O2S2/c1-3-17-11-7-5-6-8-12(11)21-14(17)10-9-13-15(19)18(4-2)16(20)22-13/h5-10H,3-4H2,1-2H3/b13-9-,14-10+. The minimum absolute atomic E-state index is 0.188. The van der Waals surface area contributed by atoms with Gasteiger partial charge < -0.3 is 4.90 Å². The summed E-state index contributed by atoms with van der Waals surface area (Å²) < 4.78 is 0. The number of allylic oxidation sites excluding steroid dienone is 2. The molecule has 0 saturated carbocycles. The van der Waals surface area contributed by atoms with Gasteiger partial charge in [0.2, 0.25) is 0 Å². The normalized spacial score (nSPS) is 21.4. The van der Waals surface area contributed by atoms with Crippen LogP contribution in [0.15, 0.2) is 51.2 Å². The van der Waals surface area contributed by atoms with E-state index < -0.39 is 0 Å². The monoisotopic (exact) mass is 332 g/mol. The van der Waals surface area contributed by atoms with Gasteiger partial charge in [0.1, 0.15) is 0 Å². The maximum absolute atomic E-state index is 12.1. The fourth-order valence-corrected chi connectivity index (χ4v) is 4.41. The molecule has 0 atom stereocenters. The summed E-state index contributed by atoms with van der Waals surface area (Å²) in [5.74, 6) is -0.196. The van der Waals surface area contributed by atoms with E-state index in [0.29, 0.717) is 11.4 Å². The third-order valence-corrected chi connectivity index (χ3v) is 5.58. The second-order valence-corrected chi connectivity index (χ2v) is 6.82. The minimum Gasteiger partial charge on any atom is -0.335 e. The molecule has 0 aliphatic carbocycles. The number of carbonyl (C=O) groups excluding carboxylic acids is 2. The van der Waals surface area contributed by atoms with Crippen LogP contribution in [0.4, 0.5) is 10.5 Å². The average molecular weight is 332 g/mol. The lowest BCUT2D eigenvalue weighted by Crippen LogP contribution is -2.27. The zero-order valence-electron chi connectivity index (χ0n) is 12.4. The van der Waals surface area contributed by atoms with Gasteiger partial charge in [0, 0.05) is 18.0 Å². The van der Waals surface area contributed by atoms with E-state index in [1.807, 2.05) is 18.2 Å². The summed E-state index contributed by atoms with van der Waals surface area (Å²) in [5, 5.41) is 0.888. The summed E-state index contributed by atoms with van der Waals surface area (Å²) >= 11 is 2.69. The minimum atomic E-state index is -0.196. The maximum atomic E-state index is 12.1. The smallest absolute Gasteiger partial charge is 0.293 e. The first-order valence-electron chi connectivity index (χ1n) is 7.15. The number of nitrogens with zero attached hydrogens (tertiary/aromatic N) is 2. The molecule has 2 aliphatic rings. The van der Waals surface area contributed by atoms with Crippen molar-refractivity contribution in [2.45, 2.75) is 18.7 Å². The molecule has 1 saturated heterocycles. The first kappa shape index (κ1) is 15.2. The van der Waals surface area contributed by atoms with Gasteiger partial charge in [-0.2, -0.15) is 0 Å². The summed E-state index contributed by atoms with van der Waals surface area (Å²) in [6.07, 6.45) is 3.69. The topological polar surface area (TPSA) is 40.6 Å². The van der Waals surface area contributed by atoms with Crippen molar-refractivity contribution in [1.82, 2.24) is 4.90 Å². The van der Waals surface area contributed by atoms with Crippen molar-refractivity contribution in [3.05, 3.63) is 46.4 Å². The Labute approximate surface area is 138 Å². The number of hydrogen-bond donors (Lipinski definition) is 0. The van der Waals surface area contributed by atoms with Gasteiger partial charge in [0.25, 0.3) is 11.1 Å². The number of thioether (sulfide) groups is 2. The van der Waals surface area contributed by atoms with Gasteiger partial charge in [-0.05, 0) is 49.9 Å². The molecule has 1 fully saturated rings. The molecule has 2 aliphatic heterocycles. The molecule has 3 rings (SSSR count). The van der Waals surface area contributed by atoms with Gasteiger partial charge in [0.15, 0.2) is 0 Å². The predicted molar refractivity (Wildman–Crippen MR) is 91.9 cm³/mol. The van der Waals surface area contributed by atoms with E-state index in [4.69, 9.17) is 0 Å². The Morgan fingerprint density at radius 3 is 2.41 bits per heavy atom. The van der Waals surface area contributed by atoms with E-state index in [-0.39, 0.29) is 11.1 Å². The van der Waals surface area contributed by atoms with Crippen LogP contribution in [-0.2, 0) is 4.79 Å². The molecule has 6 heteroatoms. The lowest BCUT2D eigenvalue weighted by Gasteiger charge is -2.17. The number of hydrogen-bond acceptors (Lipinski definition) is 5. The molecule has 0 aromatic heterocycles. The number of carbonyl (C=O) groups is 2. The zero-order chi connectivity index (χ0) is 15.7. The molecule has 2 amide bonds. The van der Waals surface area contributed by atoms with Crippen LogP contribution in [0.2, 0.25) is 0 Å². The number of fused-ring (bicyclic) bond motifs is 1. The molecule has 0 radical (unpaired) electrons. The summed E-state index contributed by atoms with van der Waals surface area (Å²) in [5.41, 5.74) is 1.19. The Morgan fingerprint density at radius 1 is 1.00 bits per heavy atom. The van der Waals surface area contributed by atoms with Crippen molar-refractivity contribution in [2.75, 3.05) is 18.0 Å². The van der Waals surface area contributed by atoms with E-state index in [9.17, 15) is 9.59 Å². The summed E-state index contributed by atoms with van der Waals surface area (Å²) in [4.78, 5) is 29.0. The highest BCUT2D eigenvalue weighted by atomic mass is 32.2. The van der Waals surface area contributed by atoms with Gasteiger partial charge in [-0.1, -0.05) is 23.9 Å². The first-order chi connectivity index (χ1) is 10.7. The van der Waals surface area contributed by atoms with Crippen molar-refractivity contribution in [2.24, 2.45) is 0 Å². The number of likely N-dealkylation sites (N-methyl/N-ethyl adjacent to an activating group) is 1. The van der Waals surface area contributed by atoms with Gasteiger partial charge in [-0.15, -0.1) is 0 Å². The first-order valence-corrected chi connectivity index (χ1v) is 8.79. The number of amides is 2. The van der Waals surface area contributed by atoms with Crippen molar-refractivity contribution < 1.29 is 9.59 Å². The largest absolute Gasteiger partial charge is 0.335 e. The fraction of sp³-hybridized carbons (Fsp3) is 0.250. The van der Waals surface area contributed by atoms with Crippen LogP contribution >= 0.6 is 23.5 Å². The highest BCUT2D eigenvalue weighted by molar-refractivity contribution is 8.18. The Morgan fingerprint density at radius 2 is 1.73 bits per heavy atom. The molecular weight excluding hydrogens is 316 g/mol. The third kappa shape index (κ3) is 2.57. The SMILES string of the molecule is CCN1C(=O)S/C(=C\C=C2\Sc3ccccc3N2CC)C1=O. The molecule has 2 heterocycles. The van der Waals surface area contributed by atoms with E-state index in [0.717, 1.165) is 23.3 Å². The molecule has 4 nitrogen and oxygen atoms in total. The number of para-hydroxylation sites is 1. The van der Waals surface area contributed by atoms with Gasteiger partial charge in [-0.25, -0.2) is 0 Å². The van der Waals surface area contributed by atoms with Crippen LogP contribution in [0.3, 0.4) is 0 Å². The van der Waals surface area contributed by atoms with Crippen LogP contribution < -0.4 is 4.90 Å². The van der Waals surface area contributed by atoms with Gasteiger partial charge in [-0.3, -0.25) is 14.5 Å². The van der Waals surface area contributed by atoms with Crippen molar-refractivity contribution in [1.29, 1.82) is 0 Å². The maximum Gasteiger partial charge on any atom is 0.293 e. The second kappa shape index (κ2) is 6.22. The molecule has 114 valence electrons. The molecule has 0 unspecified atom stereocenters. The highest BCUT2D eigenvalue weighted by Gasteiger charge is 2.33. The highest BCUT2D eigenvalue weighted by Crippen LogP contribution is 2.45. The fourth-order valence-electron chi connectivity index (χ4n) is 2.44. The molecule has 22 heavy (non-hydrogen) atoms. The molecule has 0 spiro atoms. The summed E-state index contributed by atoms with van der Waals surface area (Å²) in [6, 6.07) is 8.24. The lowest BCUT2D eigenvalue weighted by atomic mass is 10.3. The molecule has 1 aromatic rings. The Bertz CT molecular complexity index is 697. The Balaban J connectivity index is 1.87.